The van der Waals surface area contributed by atoms with Gasteiger partial charge in [-0.2, -0.15) is 0 Å². The van der Waals surface area contributed by atoms with E-state index in [1.54, 1.807) is 12.1 Å². The first kappa shape index (κ1) is 27.0. The highest BCUT2D eigenvalue weighted by atomic mass is 32.2. The Morgan fingerprint density at radius 2 is 1.74 bits per heavy atom. The highest BCUT2D eigenvalue weighted by molar-refractivity contribution is 7.90. The number of aliphatic hydroxyl groups excluding tert-OH is 1. The van der Waals surface area contributed by atoms with Gasteiger partial charge in [-0.1, -0.05) is 30.3 Å². The van der Waals surface area contributed by atoms with E-state index in [9.17, 15) is 13.2 Å². The van der Waals surface area contributed by atoms with Crippen molar-refractivity contribution >= 4 is 26.8 Å². The summed E-state index contributed by atoms with van der Waals surface area (Å²) in [7, 11) is -3.36. The van der Waals surface area contributed by atoms with Gasteiger partial charge in [-0.3, -0.25) is 4.79 Å². The molecule has 0 atom stereocenters. The fraction of sp³-hybridized carbons (Fsp3) is 0.333. The molecule has 0 aliphatic heterocycles. The number of rotatable bonds is 8. The summed E-state index contributed by atoms with van der Waals surface area (Å²) in [6.45, 7) is 0.267. The lowest BCUT2D eigenvalue weighted by Crippen LogP contribution is -2.29. The van der Waals surface area contributed by atoms with Crippen molar-refractivity contribution in [1.29, 1.82) is 0 Å². The molecule has 3 aromatic carbocycles. The maximum absolute atomic E-state index is 15.2. The Morgan fingerprint density at radius 1 is 1.03 bits per heavy atom. The maximum Gasteiger partial charge on any atom is 0.220 e. The SMILES string of the molecule is CS(=O)(=O)c1ccc2nc(-c3ccc(-c4ccc(C5CCC(CC(=O)NCCO)CC5)cc4)cc3F)[nH]c2c1. The van der Waals surface area contributed by atoms with Crippen molar-refractivity contribution in [2.75, 3.05) is 19.4 Å². The number of nitrogens with zero attached hydrogens (tertiary/aromatic N) is 1. The Bertz CT molecular complexity index is 1590. The van der Waals surface area contributed by atoms with Gasteiger partial charge < -0.3 is 15.4 Å². The molecule has 7 nitrogen and oxygen atoms in total. The van der Waals surface area contributed by atoms with Crippen LogP contribution in [0.3, 0.4) is 0 Å². The number of carbonyl (C=O) groups is 1. The predicted octanol–water partition coefficient (Wildman–Crippen LogP) is 5.21. The molecular formula is C30H32FN3O4S. The minimum atomic E-state index is -3.36. The van der Waals surface area contributed by atoms with Crippen LogP contribution in [-0.4, -0.2) is 48.8 Å². The normalized spacial score (nSPS) is 17.8. The molecule has 0 radical (unpaired) electrons. The molecule has 1 aliphatic rings. The van der Waals surface area contributed by atoms with Gasteiger partial charge in [-0.05, 0) is 84.5 Å². The summed E-state index contributed by atoms with van der Waals surface area (Å²) in [6.07, 6.45) is 5.73. The Hall–Kier alpha value is -3.56. The number of halogens is 1. The van der Waals surface area contributed by atoms with Crippen molar-refractivity contribution in [1.82, 2.24) is 15.3 Å². The van der Waals surface area contributed by atoms with E-state index in [-0.39, 0.29) is 17.4 Å². The molecule has 204 valence electrons. The number of hydrogen-bond acceptors (Lipinski definition) is 5. The second-order valence-corrected chi connectivity index (χ2v) is 12.4. The first-order chi connectivity index (χ1) is 18.7. The van der Waals surface area contributed by atoms with E-state index >= 15 is 4.39 Å². The van der Waals surface area contributed by atoms with Crippen LogP contribution in [0.15, 0.2) is 65.6 Å². The number of aliphatic hydroxyl groups is 1. The molecule has 0 spiro atoms. The molecule has 3 N–H and O–H groups in total. The number of sulfone groups is 1. The van der Waals surface area contributed by atoms with Crippen LogP contribution in [0.2, 0.25) is 0 Å². The Kier molecular flexibility index (Phi) is 7.81. The van der Waals surface area contributed by atoms with Crippen LogP contribution in [0, 0.1) is 11.7 Å². The highest BCUT2D eigenvalue weighted by Crippen LogP contribution is 2.38. The molecule has 1 heterocycles. The van der Waals surface area contributed by atoms with Crippen molar-refractivity contribution in [2.45, 2.75) is 42.9 Å². The quantitative estimate of drug-likeness (QED) is 0.279. The van der Waals surface area contributed by atoms with Crippen molar-refractivity contribution in [3.05, 3.63) is 72.0 Å². The fourth-order valence-electron chi connectivity index (χ4n) is 5.41. The van der Waals surface area contributed by atoms with Gasteiger partial charge in [0.1, 0.15) is 11.6 Å². The van der Waals surface area contributed by atoms with Crippen molar-refractivity contribution in [3.8, 4) is 22.5 Å². The third-order valence-electron chi connectivity index (χ3n) is 7.58. The summed E-state index contributed by atoms with van der Waals surface area (Å²) < 4.78 is 38.9. The zero-order valence-corrected chi connectivity index (χ0v) is 22.6. The van der Waals surface area contributed by atoms with Crippen molar-refractivity contribution < 1.29 is 22.7 Å². The molecule has 9 heteroatoms. The van der Waals surface area contributed by atoms with Crippen LogP contribution >= 0.6 is 0 Å². The summed E-state index contributed by atoms with van der Waals surface area (Å²) in [5.74, 6) is 0.772. The zero-order valence-electron chi connectivity index (χ0n) is 21.8. The second-order valence-electron chi connectivity index (χ2n) is 10.3. The van der Waals surface area contributed by atoms with E-state index in [0.717, 1.165) is 43.1 Å². The number of imidazole rings is 1. The zero-order chi connectivity index (χ0) is 27.6. The van der Waals surface area contributed by atoms with Crippen molar-refractivity contribution in [2.24, 2.45) is 5.92 Å². The lowest BCUT2D eigenvalue weighted by molar-refractivity contribution is -0.122. The van der Waals surface area contributed by atoms with Gasteiger partial charge in [0.25, 0.3) is 0 Å². The van der Waals surface area contributed by atoms with E-state index in [4.69, 9.17) is 5.11 Å². The Morgan fingerprint density at radius 3 is 2.41 bits per heavy atom. The number of carbonyl (C=O) groups excluding carboxylic acids is 1. The number of fused-ring (bicyclic) bond motifs is 1. The molecule has 1 amide bonds. The number of nitrogens with one attached hydrogen (secondary N) is 2. The maximum atomic E-state index is 15.2. The molecule has 0 bridgehead atoms. The fourth-order valence-corrected chi connectivity index (χ4v) is 6.06. The van der Waals surface area contributed by atoms with E-state index < -0.39 is 15.7 Å². The van der Waals surface area contributed by atoms with E-state index in [1.807, 2.05) is 18.2 Å². The molecule has 5 rings (SSSR count). The van der Waals surface area contributed by atoms with Crippen LogP contribution in [0.1, 0.15) is 43.6 Å². The summed E-state index contributed by atoms with van der Waals surface area (Å²) in [6, 6.07) is 17.9. The largest absolute Gasteiger partial charge is 0.395 e. The molecule has 1 aromatic heterocycles. The van der Waals surface area contributed by atoms with Gasteiger partial charge in [-0.25, -0.2) is 17.8 Å². The second kappa shape index (κ2) is 11.3. The van der Waals surface area contributed by atoms with Gasteiger partial charge in [0.15, 0.2) is 9.84 Å². The van der Waals surface area contributed by atoms with E-state index in [2.05, 4.69) is 27.4 Å². The molecule has 1 saturated carbocycles. The van der Waals surface area contributed by atoms with Crippen LogP contribution in [0.25, 0.3) is 33.5 Å². The van der Waals surface area contributed by atoms with Crippen LogP contribution in [-0.2, 0) is 14.6 Å². The van der Waals surface area contributed by atoms with Gasteiger partial charge >= 0.3 is 0 Å². The van der Waals surface area contributed by atoms with Crippen LogP contribution in [0.4, 0.5) is 4.39 Å². The summed E-state index contributed by atoms with van der Waals surface area (Å²) in [5.41, 5.74) is 4.35. The molecule has 4 aromatic rings. The summed E-state index contributed by atoms with van der Waals surface area (Å²) in [5, 5.41) is 11.6. The number of hydrogen-bond donors (Lipinski definition) is 3. The molecule has 1 aliphatic carbocycles. The molecule has 1 fully saturated rings. The minimum absolute atomic E-state index is 0.0107. The van der Waals surface area contributed by atoms with E-state index in [1.165, 1.54) is 23.8 Å². The molecule has 39 heavy (non-hydrogen) atoms. The standard InChI is InChI=1S/C30H32FN3O4S/c1-39(37,38)24-11-13-27-28(18-24)34-30(33-27)25-12-10-23(17-26(25)31)22-8-6-21(7-9-22)20-4-2-19(3-5-20)16-29(36)32-14-15-35/h6-13,17-20,35H,2-5,14-16H2,1H3,(H,32,36)(H,33,34). The lowest BCUT2D eigenvalue weighted by Gasteiger charge is -2.28. The number of amides is 1. The van der Waals surface area contributed by atoms with Crippen LogP contribution in [0.5, 0.6) is 0 Å². The minimum Gasteiger partial charge on any atom is -0.395 e. The molecule has 0 unspecified atom stereocenters. The molecule has 0 saturated heterocycles. The molecular weight excluding hydrogens is 517 g/mol. The summed E-state index contributed by atoms with van der Waals surface area (Å²) in [4.78, 5) is 19.6. The Labute approximate surface area is 227 Å². The number of benzene rings is 3. The monoisotopic (exact) mass is 549 g/mol. The van der Waals surface area contributed by atoms with Gasteiger partial charge in [0, 0.05) is 19.2 Å². The third kappa shape index (κ3) is 6.20. The number of aromatic nitrogens is 2. The average molecular weight is 550 g/mol. The topological polar surface area (TPSA) is 112 Å². The Balaban J connectivity index is 1.25. The first-order valence-corrected chi connectivity index (χ1v) is 15.1. The predicted molar refractivity (Wildman–Crippen MR) is 149 cm³/mol. The summed E-state index contributed by atoms with van der Waals surface area (Å²) >= 11 is 0. The average Bonchev–Trinajstić information content (AvgIpc) is 3.35. The van der Waals surface area contributed by atoms with Crippen LogP contribution < -0.4 is 5.32 Å². The van der Waals surface area contributed by atoms with E-state index in [0.29, 0.717) is 47.2 Å². The number of aromatic amines is 1. The first-order valence-electron chi connectivity index (χ1n) is 13.2. The number of H-pyrrole nitrogens is 1. The lowest BCUT2D eigenvalue weighted by atomic mass is 9.77. The van der Waals surface area contributed by atoms with Gasteiger partial charge in [0.05, 0.1) is 28.1 Å². The van der Waals surface area contributed by atoms with Crippen molar-refractivity contribution in [3.63, 3.8) is 0 Å². The highest BCUT2D eigenvalue weighted by Gasteiger charge is 2.24. The third-order valence-corrected chi connectivity index (χ3v) is 8.69. The smallest absolute Gasteiger partial charge is 0.220 e. The van der Waals surface area contributed by atoms with Gasteiger partial charge in [-0.15, -0.1) is 0 Å². The van der Waals surface area contributed by atoms with Gasteiger partial charge in [0.2, 0.25) is 5.91 Å².